The number of halogens is 2. The average molecular weight is 407 g/mol. The number of nitro groups is 1. The molecular weight excluding hydrogens is 387 g/mol. The van der Waals surface area contributed by atoms with Gasteiger partial charge in [0.2, 0.25) is 5.91 Å². The largest absolute Gasteiger partial charge is 0.363 e. The molecule has 28 heavy (non-hydrogen) atoms. The van der Waals surface area contributed by atoms with Gasteiger partial charge in [0, 0.05) is 43.0 Å². The third-order valence-electron chi connectivity index (χ3n) is 4.67. The Kier molecular flexibility index (Phi) is 6.11. The summed E-state index contributed by atoms with van der Waals surface area (Å²) in [4.78, 5) is 26.9. The van der Waals surface area contributed by atoms with Crippen LogP contribution in [-0.4, -0.2) is 48.5 Å². The zero-order chi connectivity index (χ0) is 20.3. The van der Waals surface area contributed by atoms with E-state index < -0.39 is 4.92 Å². The van der Waals surface area contributed by atoms with Crippen molar-refractivity contribution < 1.29 is 14.1 Å². The average Bonchev–Trinajstić information content (AvgIpc) is 2.65. The van der Waals surface area contributed by atoms with Gasteiger partial charge in [0.05, 0.1) is 11.5 Å². The Hall–Kier alpha value is -2.71. The monoisotopic (exact) mass is 406 g/mol. The molecule has 7 nitrogen and oxygen atoms in total. The van der Waals surface area contributed by atoms with Crippen molar-refractivity contribution >= 4 is 34.6 Å². The summed E-state index contributed by atoms with van der Waals surface area (Å²) in [5, 5.41) is 14.3. The molecule has 148 valence electrons. The molecule has 1 N–H and O–H groups in total. The second kappa shape index (κ2) is 8.53. The number of anilines is 2. The van der Waals surface area contributed by atoms with Gasteiger partial charge in [-0.2, -0.15) is 0 Å². The Balaban J connectivity index is 1.56. The van der Waals surface area contributed by atoms with Crippen LogP contribution < -0.4 is 10.2 Å². The molecule has 0 aromatic heterocycles. The van der Waals surface area contributed by atoms with Crippen LogP contribution in [0.5, 0.6) is 0 Å². The number of carbonyl (C=O) groups is 1. The summed E-state index contributed by atoms with van der Waals surface area (Å²) in [6, 6.07) is 9.19. The predicted octanol–water partition coefficient (Wildman–Crippen LogP) is 3.46. The number of benzene rings is 2. The number of nitro benzene ring substituents is 1. The molecule has 1 saturated heterocycles. The van der Waals surface area contributed by atoms with Crippen LogP contribution in [0.3, 0.4) is 0 Å². The number of aryl methyl sites for hydroxylation is 1. The lowest BCUT2D eigenvalue weighted by Crippen LogP contribution is -2.48. The minimum absolute atomic E-state index is 0.0277. The first-order valence-corrected chi connectivity index (χ1v) is 9.18. The van der Waals surface area contributed by atoms with Crippen molar-refractivity contribution in [1.29, 1.82) is 0 Å². The smallest absolute Gasteiger partial charge is 0.294 e. The molecule has 9 heteroatoms. The molecule has 0 aliphatic carbocycles. The van der Waals surface area contributed by atoms with Crippen LogP contribution in [-0.2, 0) is 4.79 Å². The van der Waals surface area contributed by atoms with Crippen LogP contribution >= 0.6 is 11.6 Å². The summed E-state index contributed by atoms with van der Waals surface area (Å²) in [6.07, 6.45) is 0. The molecular formula is C19H20ClFN4O3. The van der Waals surface area contributed by atoms with Crippen LogP contribution in [0.1, 0.15) is 5.56 Å². The highest BCUT2D eigenvalue weighted by atomic mass is 35.5. The number of rotatable bonds is 5. The SMILES string of the molecule is Cc1ccc(NC(=O)CN2CCN(c3ccc(Cl)cc3[N+](=O)[O-])CC2)cc1F. The second-order valence-electron chi connectivity index (χ2n) is 6.67. The Labute approximate surface area is 166 Å². The number of amides is 1. The molecule has 3 rings (SSSR count). The third kappa shape index (κ3) is 4.76. The molecule has 1 heterocycles. The number of nitrogens with zero attached hydrogens (tertiary/aromatic N) is 3. The minimum Gasteiger partial charge on any atom is -0.363 e. The lowest BCUT2D eigenvalue weighted by molar-refractivity contribution is -0.384. The second-order valence-corrected chi connectivity index (χ2v) is 7.10. The van der Waals surface area contributed by atoms with Crippen LogP contribution in [0.25, 0.3) is 0 Å². The number of nitrogens with one attached hydrogen (secondary N) is 1. The van der Waals surface area contributed by atoms with Crippen molar-refractivity contribution in [2.45, 2.75) is 6.92 Å². The van der Waals surface area contributed by atoms with Gasteiger partial charge in [-0.25, -0.2) is 4.39 Å². The topological polar surface area (TPSA) is 78.7 Å². The molecule has 1 fully saturated rings. The zero-order valence-corrected chi connectivity index (χ0v) is 16.1. The minimum atomic E-state index is -0.443. The molecule has 0 radical (unpaired) electrons. The van der Waals surface area contributed by atoms with Gasteiger partial charge < -0.3 is 10.2 Å². The first-order valence-electron chi connectivity index (χ1n) is 8.81. The van der Waals surface area contributed by atoms with E-state index in [9.17, 15) is 19.3 Å². The Bertz CT molecular complexity index is 901. The number of carbonyl (C=O) groups excluding carboxylic acids is 1. The van der Waals surface area contributed by atoms with Gasteiger partial charge in [-0.3, -0.25) is 19.8 Å². The summed E-state index contributed by atoms with van der Waals surface area (Å²) < 4.78 is 13.6. The molecule has 0 bridgehead atoms. The highest BCUT2D eigenvalue weighted by molar-refractivity contribution is 6.30. The number of hydrogen-bond acceptors (Lipinski definition) is 5. The van der Waals surface area contributed by atoms with Gasteiger partial charge >= 0.3 is 0 Å². The number of hydrogen-bond donors (Lipinski definition) is 1. The van der Waals surface area contributed by atoms with Crippen molar-refractivity contribution in [2.75, 3.05) is 42.9 Å². The van der Waals surface area contributed by atoms with Crippen molar-refractivity contribution in [3.05, 3.63) is 62.9 Å². The Morgan fingerprint density at radius 1 is 1.21 bits per heavy atom. The van der Waals surface area contributed by atoms with Crippen LogP contribution in [0.2, 0.25) is 5.02 Å². The van der Waals surface area contributed by atoms with E-state index >= 15 is 0 Å². The summed E-state index contributed by atoms with van der Waals surface area (Å²) in [5.41, 5.74) is 1.43. The van der Waals surface area contributed by atoms with E-state index in [0.717, 1.165) is 0 Å². The van der Waals surface area contributed by atoms with Gasteiger partial charge in [0.15, 0.2) is 0 Å². The molecule has 0 atom stereocenters. The zero-order valence-electron chi connectivity index (χ0n) is 15.3. The van der Waals surface area contributed by atoms with Crippen LogP contribution in [0, 0.1) is 22.9 Å². The van der Waals surface area contributed by atoms with Gasteiger partial charge in [-0.1, -0.05) is 17.7 Å². The maximum absolute atomic E-state index is 13.6. The molecule has 1 aliphatic heterocycles. The number of piperazine rings is 1. The fourth-order valence-corrected chi connectivity index (χ4v) is 3.30. The predicted molar refractivity (Wildman–Crippen MR) is 107 cm³/mol. The summed E-state index contributed by atoms with van der Waals surface area (Å²) in [7, 11) is 0. The molecule has 1 aliphatic rings. The van der Waals surface area contributed by atoms with Crippen molar-refractivity contribution in [1.82, 2.24) is 4.90 Å². The van der Waals surface area contributed by atoms with Gasteiger partial charge in [-0.05, 0) is 36.8 Å². The highest BCUT2D eigenvalue weighted by Gasteiger charge is 2.24. The van der Waals surface area contributed by atoms with Crippen LogP contribution in [0.4, 0.5) is 21.5 Å². The van der Waals surface area contributed by atoms with Crippen molar-refractivity contribution in [2.24, 2.45) is 0 Å². The highest BCUT2D eigenvalue weighted by Crippen LogP contribution is 2.31. The normalized spacial score (nSPS) is 14.8. The molecule has 0 unspecified atom stereocenters. The molecule has 0 spiro atoms. The van der Waals surface area contributed by atoms with Crippen molar-refractivity contribution in [3.8, 4) is 0 Å². The Morgan fingerprint density at radius 2 is 1.93 bits per heavy atom. The summed E-state index contributed by atoms with van der Waals surface area (Å²) >= 11 is 5.87. The molecule has 1 amide bonds. The van der Waals surface area contributed by atoms with E-state index in [4.69, 9.17) is 11.6 Å². The third-order valence-corrected chi connectivity index (χ3v) is 4.91. The van der Waals surface area contributed by atoms with Crippen molar-refractivity contribution in [3.63, 3.8) is 0 Å². The lowest BCUT2D eigenvalue weighted by Gasteiger charge is -2.35. The quantitative estimate of drug-likeness (QED) is 0.607. The van der Waals surface area contributed by atoms with Gasteiger partial charge in [0.25, 0.3) is 5.69 Å². The fraction of sp³-hybridized carbons (Fsp3) is 0.316. The first kappa shape index (κ1) is 20.0. The summed E-state index contributed by atoms with van der Waals surface area (Å²) in [6.45, 7) is 4.09. The summed E-state index contributed by atoms with van der Waals surface area (Å²) in [5.74, 6) is -0.592. The molecule has 2 aromatic rings. The van der Waals surface area contributed by atoms with E-state index in [1.54, 1.807) is 31.2 Å². The van der Waals surface area contributed by atoms with E-state index in [-0.39, 0.29) is 24.0 Å². The first-order chi connectivity index (χ1) is 13.3. The lowest BCUT2D eigenvalue weighted by atomic mass is 10.2. The maximum Gasteiger partial charge on any atom is 0.294 e. The van der Waals surface area contributed by atoms with Gasteiger partial charge in [-0.15, -0.1) is 0 Å². The van der Waals surface area contributed by atoms with E-state index in [0.29, 0.717) is 48.1 Å². The van der Waals surface area contributed by atoms with E-state index in [2.05, 4.69) is 5.32 Å². The Morgan fingerprint density at radius 3 is 2.57 bits per heavy atom. The maximum atomic E-state index is 13.6. The standard InChI is InChI=1S/C19H20ClFN4O3/c1-13-2-4-15(11-16(13)21)22-19(26)12-23-6-8-24(9-7-23)17-5-3-14(20)10-18(17)25(27)28/h2-5,10-11H,6-9,12H2,1H3,(H,22,26). The molecule has 2 aromatic carbocycles. The van der Waals surface area contributed by atoms with E-state index in [1.807, 2.05) is 9.80 Å². The van der Waals surface area contributed by atoms with Gasteiger partial charge in [0.1, 0.15) is 11.5 Å². The molecule has 0 saturated carbocycles. The van der Waals surface area contributed by atoms with Crippen LogP contribution in [0.15, 0.2) is 36.4 Å². The van der Waals surface area contributed by atoms with E-state index in [1.165, 1.54) is 12.1 Å². The fourth-order valence-electron chi connectivity index (χ4n) is 3.13.